The quantitative estimate of drug-likeness (QED) is 0.324. The van der Waals surface area contributed by atoms with Gasteiger partial charge in [-0.05, 0) is 28.1 Å². The Morgan fingerprint density at radius 2 is 2.31 bits per heavy atom. The molecule has 1 N–H and O–H groups in total. The van der Waals surface area contributed by atoms with Gasteiger partial charge in [-0.3, -0.25) is 0 Å². The van der Waals surface area contributed by atoms with Gasteiger partial charge in [-0.2, -0.15) is 0 Å². The summed E-state index contributed by atoms with van der Waals surface area (Å²) in [6.45, 7) is 0. The molecular weight excluding hydrogens is 249 g/mol. The van der Waals surface area contributed by atoms with Gasteiger partial charge < -0.3 is 4.74 Å². The van der Waals surface area contributed by atoms with Gasteiger partial charge in [0.05, 0.1) is 12.4 Å². The normalized spacial score (nSPS) is 8.46. The molecule has 0 radical (unpaired) electrons. The van der Waals surface area contributed by atoms with Crippen molar-refractivity contribution in [3.63, 3.8) is 0 Å². The largest absolute Gasteiger partial charge is 1.00 e. The first-order chi connectivity index (χ1) is 5.77. The summed E-state index contributed by atoms with van der Waals surface area (Å²) in [6.07, 6.45) is 0. The van der Waals surface area contributed by atoms with Crippen molar-refractivity contribution >= 4 is 21.7 Å². The van der Waals surface area contributed by atoms with Gasteiger partial charge in [-0.25, -0.2) is 10.4 Å². The molecule has 13 heavy (non-hydrogen) atoms. The molecule has 1 rings (SSSR count). The van der Waals surface area contributed by atoms with Crippen molar-refractivity contribution in [2.75, 3.05) is 12.5 Å². The number of hydrogen-bond donors (Lipinski definition) is 1. The molecule has 0 spiro atoms. The van der Waals surface area contributed by atoms with Gasteiger partial charge >= 0.3 is 29.6 Å². The van der Waals surface area contributed by atoms with Gasteiger partial charge in [0, 0.05) is 0 Å². The Balaban J connectivity index is 0.00000144. The standard InChI is InChI=1S/C6H6BrN3O2.Na/c1-12-4-2-3-5(9-10-11)8-6(4)7;/h2-3H,1H3,(H,8,9,11);/q;+1. The van der Waals surface area contributed by atoms with E-state index in [1.807, 2.05) is 0 Å². The summed E-state index contributed by atoms with van der Waals surface area (Å²) in [5, 5.41) is 2.48. The Kier molecular flexibility index (Phi) is 6.23. The SMILES string of the molecule is COc1ccc(NN=O)nc1Br.[Na+]. The zero-order valence-electron chi connectivity index (χ0n) is 7.24. The van der Waals surface area contributed by atoms with E-state index in [0.29, 0.717) is 16.2 Å². The minimum Gasteiger partial charge on any atom is -0.494 e. The molecule has 0 aromatic carbocycles. The fraction of sp³-hybridized carbons (Fsp3) is 0.167. The van der Waals surface area contributed by atoms with Crippen molar-refractivity contribution in [1.29, 1.82) is 0 Å². The number of pyridine rings is 1. The molecule has 0 bridgehead atoms. The van der Waals surface area contributed by atoms with Gasteiger partial charge in [-0.1, -0.05) is 0 Å². The Hall–Kier alpha value is -0.170. The molecule has 1 aromatic heterocycles. The third-order valence-electron chi connectivity index (χ3n) is 1.19. The van der Waals surface area contributed by atoms with E-state index >= 15 is 0 Å². The molecule has 5 nitrogen and oxygen atoms in total. The molecule has 0 fully saturated rings. The Morgan fingerprint density at radius 1 is 1.62 bits per heavy atom. The Morgan fingerprint density at radius 3 is 2.77 bits per heavy atom. The summed E-state index contributed by atoms with van der Waals surface area (Å²) < 4.78 is 5.46. The van der Waals surface area contributed by atoms with Crippen LogP contribution in [0.3, 0.4) is 0 Å². The van der Waals surface area contributed by atoms with Crippen LogP contribution in [0.25, 0.3) is 0 Å². The van der Waals surface area contributed by atoms with Gasteiger partial charge in [-0.15, -0.1) is 4.91 Å². The van der Waals surface area contributed by atoms with Crippen LogP contribution in [0.2, 0.25) is 0 Å². The fourth-order valence-corrected chi connectivity index (χ4v) is 1.17. The molecule has 0 aliphatic rings. The number of hydrogen-bond acceptors (Lipinski definition) is 4. The molecule has 0 saturated carbocycles. The van der Waals surface area contributed by atoms with E-state index in [1.165, 1.54) is 7.11 Å². The summed E-state index contributed by atoms with van der Waals surface area (Å²) >= 11 is 3.16. The third-order valence-corrected chi connectivity index (χ3v) is 1.76. The van der Waals surface area contributed by atoms with Crippen LogP contribution in [0.15, 0.2) is 22.0 Å². The van der Waals surface area contributed by atoms with Crippen LogP contribution < -0.4 is 39.7 Å². The maximum atomic E-state index is 9.79. The number of ether oxygens (including phenoxy) is 1. The summed E-state index contributed by atoms with van der Waals surface area (Å²) in [5.74, 6) is 0.976. The number of rotatable bonds is 3. The molecule has 0 saturated heterocycles. The number of nitrogens with zero attached hydrogens (tertiary/aromatic N) is 2. The Labute approximate surface area is 106 Å². The number of methoxy groups -OCH3 is 1. The van der Waals surface area contributed by atoms with Crippen LogP contribution in [0, 0.1) is 4.91 Å². The first kappa shape index (κ1) is 12.8. The van der Waals surface area contributed by atoms with Crippen molar-refractivity contribution in [3.05, 3.63) is 21.6 Å². The summed E-state index contributed by atoms with van der Waals surface area (Å²) in [6, 6.07) is 3.26. The van der Waals surface area contributed by atoms with Crippen LogP contribution in [-0.2, 0) is 0 Å². The molecule has 0 unspecified atom stereocenters. The molecule has 1 heterocycles. The number of nitroso groups, excluding NO2 is 1. The van der Waals surface area contributed by atoms with Gasteiger partial charge in [0.25, 0.3) is 0 Å². The molecule has 0 aliphatic carbocycles. The second-order valence-corrected chi connectivity index (χ2v) is 2.64. The van der Waals surface area contributed by atoms with Crippen molar-refractivity contribution in [2.24, 2.45) is 5.29 Å². The van der Waals surface area contributed by atoms with E-state index in [2.05, 4.69) is 31.6 Å². The monoisotopic (exact) mass is 254 g/mol. The number of anilines is 1. The van der Waals surface area contributed by atoms with E-state index in [0.717, 1.165) is 0 Å². The van der Waals surface area contributed by atoms with Gasteiger partial charge in [0.1, 0.15) is 4.60 Å². The van der Waals surface area contributed by atoms with Crippen LogP contribution >= 0.6 is 15.9 Å². The van der Waals surface area contributed by atoms with Crippen molar-refractivity contribution in [2.45, 2.75) is 0 Å². The van der Waals surface area contributed by atoms with Gasteiger partial charge in [0.2, 0.25) is 0 Å². The number of nitrogens with one attached hydrogen (secondary N) is 1. The van der Waals surface area contributed by atoms with Crippen LogP contribution in [-0.4, -0.2) is 12.1 Å². The minimum absolute atomic E-state index is 0. The number of aromatic nitrogens is 1. The fourth-order valence-electron chi connectivity index (χ4n) is 0.683. The van der Waals surface area contributed by atoms with Crippen LogP contribution in [0.5, 0.6) is 5.75 Å². The van der Waals surface area contributed by atoms with E-state index < -0.39 is 0 Å². The molecule has 0 atom stereocenters. The third kappa shape index (κ3) is 3.60. The zero-order valence-corrected chi connectivity index (χ0v) is 10.8. The van der Waals surface area contributed by atoms with E-state index in [9.17, 15) is 4.91 Å². The summed E-state index contributed by atoms with van der Waals surface area (Å²) in [7, 11) is 1.53. The molecule has 0 amide bonds. The van der Waals surface area contributed by atoms with E-state index in [1.54, 1.807) is 12.1 Å². The molecule has 1 aromatic rings. The average Bonchev–Trinajstić information content (AvgIpc) is 2.05. The topological polar surface area (TPSA) is 63.6 Å². The zero-order chi connectivity index (χ0) is 8.97. The number of halogens is 1. The molecular formula is C6H6BrN3NaO2+. The van der Waals surface area contributed by atoms with E-state index in [-0.39, 0.29) is 29.6 Å². The second-order valence-electron chi connectivity index (χ2n) is 1.89. The van der Waals surface area contributed by atoms with Crippen LogP contribution in [0.4, 0.5) is 5.82 Å². The predicted molar refractivity (Wildman–Crippen MR) is 47.9 cm³/mol. The van der Waals surface area contributed by atoms with Crippen LogP contribution in [0.1, 0.15) is 0 Å². The van der Waals surface area contributed by atoms with Crippen molar-refractivity contribution in [1.82, 2.24) is 4.98 Å². The Bertz CT molecular complexity index is 297. The predicted octanol–water partition coefficient (Wildman–Crippen LogP) is -1.05. The first-order valence-electron chi connectivity index (χ1n) is 3.07. The summed E-state index contributed by atoms with van der Waals surface area (Å²) in [4.78, 5) is 13.7. The maximum Gasteiger partial charge on any atom is 1.00 e. The average molecular weight is 255 g/mol. The minimum atomic E-state index is 0. The van der Waals surface area contributed by atoms with Gasteiger partial charge in [0.15, 0.2) is 11.6 Å². The molecule has 0 aliphatic heterocycles. The molecule has 7 heteroatoms. The molecule has 64 valence electrons. The maximum absolute atomic E-state index is 9.79. The second kappa shape index (κ2) is 6.31. The smallest absolute Gasteiger partial charge is 0.494 e. The first-order valence-corrected chi connectivity index (χ1v) is 3.86. The summed E-state index contributed by atoms with van der Waals surface area (Å²) in [5.41, 5.74) is 2.17. The van der Waals surface area contributed by atoms with Crippen molar-refractivity contribution < 1.29 is 34.3 Å². The van der Waals surface area contributed by atoms with E-state index in [4.69, 9.17) is 4.74 Å². The van der Waals surface area contributed by atoms with Crippen molar-refractivity contribution in [3.8, 4) is 5.75 Å².